The van der Waals surface area contributed by atoms with Crippen LogP contribution in [0.1, 0.15) is 84.0 Å². The third kappa shape index (κ3) is 9.56. The van der Waals surface area contributed by atoms with Crippen molar-refractivity contribution in [2.24, 2.45) is 11.8 Å². The van der Waals surface area contributed by atoms with E-state index >= 15 is 0 Å². The zero-order valence-corrected chi connectivity index (χ0v) is 16.0. The van der Waals surface area contributed by atoms with E-state index in [9.17, 15) is 14.4 Å². The van der Waals surface area contributed by atoms with Gasteiger partial charge in [-0.3, -0.25) is 14.4 Å². The maximum atomic E-state index is 12.0. The Morgan fingerprint density at radius 1 is 1.12 bits per heavy atom. The molecule has 0 saturated heterocycles. The molecule has 0 aromatic heterocycles. The van der Waals surface area contributed by atoms with Crippen molar-refractivity contribution < 1.29 is 19.5 Å². The van der Waals surface area contributed by atoms with Gasteiger partial charge in [0.05, 0.1) is 0 Å². The first kappa shape index (κ1) is 22.2. The minimum Gasteiger partial charge on any atom is -0.481 e. The van der Waals surface area contributed by atoms with E-state index in [0.29, 0.717) is 32.1 Å². The molecule has 2 atom stereocenters. The van der Waals surface area contributed by atoms with Crippen molar-refractivity contribution in [3.63, 3.8) is 0 Å². The van der Waals surface area contributed by atoms with E-state index in [-0.39, 0.29) is 29.8 Å². The van der Waals surface area contributed by atoms with Crippen LogP contribution >= 0.6 is 0 Å². The highest BCUT2D eigenvalue weighted by molar-refractivity contribution is 5.90. The zero-order valence-electron chi connectivity index (χ0n) is 16.0. The molecule has 1 fully saturated rings. The van der Waals surface area contributed by atoms with E-state index in [2.05, 4.69) is 18.8 Å². The Kier molecular flexibility index (Phi) is 11.4. The number of unbranched alkanes of at least 4 members (excludes halogenated alkanes) is 5. The summed E-state index contributed by atoms with van der Waals surface area (Å²) in [6.07, 6.45) is 12.9. The van der Waals surface area contributed by atoms with Gasteiger partial charge in [0.2, 0.25) is 0 Å². The number of carboxylic acid groups (broad SMARTS) is 1. The summed E-state index contributed by atoms with van der Waals surface area (Å²) in [6.45, 7) is 2.17. The SMILES string of the molecule is CCCCCCCC(=O)/C=C/C1CCC(=O)C1CC#CCCCC(=O)O. The summed E-state index contributed by atoms with van der Waals surface area (Å²) in [5, 5.41) is 8.58. The molecular formula is C22H32O4. The first-order valence-corrected chi connectivity index (χ1v) is 9.95. The fraction of sp³-hybridized carbons (Fsp3) is 0.682. The van der Waals surface area contributed by atoms with E-state index in [1.807, 2.05) is 6.08 Å². The van der Waals surface area contributed by atoms with Crippen molar-refractivity contribution in [3.05, 3.63) is 12.2 Å². The van der Waals surface area contributed by atoms with Crippen molar-refractivity contribution >= 4 is 17.5 Å². The monoisotopic (exact) mass is 360 g/mol. The van der Waals surface area contributed by atoms with Crippen LogP contribution in [-0.4, -0.2) is 22.6 Å². The van der Waals surface area contributed by atoms with Crippen molar-refractivity contribution in [1.29, 1.82) is 0 Å². The zero-order chi connectivity index (χ0) is 19.2. The van der Waals surface area contributed by atoms with Crippen LogP contribution in [0.25, 0.3) is 0 Å². The molecule has 4 nitrogen and oxygen atoms in total. The summed E-state index contributed by atoms with van der Waals surface area (Å²) in [4.78, 5) is 34.4. The Morgan fingerprint density at radius 3 is 2.62 bits per heavy atom. The van der Waals surface area contributed by atoms with Gasteiger partial charge in [0.25, 0.3) is 0 Å². The molecule has 1 aliphatic rings. The molecular weight excluding hydrogens is 328 g/mol. The van der Waals surface area contributed by atoms with Crippen molar-refractivity contribution in [2.75, 3.05) is 0 Å². The number of ketones is 2. The van der Waals surface area contributed by atoms with Crippen LogP contribution in [0.5, 0.6) is 0 Å². The van der Waals surface area contributed by atoms with Crippen LogP contribution in [0.15, 0.2) is 12.2 Å². The summed E-state index contributed by atoms with van der Waals surface area (Å²) in [7, 11) is 0. The third-order valence-corrected chi connectivity index (χ3v) is 4.85. The standard InChI is InChI=1S/C22H32O4/c1-2-3-4-5-8-11-19(23)16-14-18-15-17-21(24)20(18)12-9-6-7-10-13-22(25)26/h14,16,18,20H,2-5,7-8,10-13,15,17H2,1H3,(H,25,26)/b16-14+. The first-order valence-electron chi connectivity index (χ1n) is 9.95. The third-order valence-electron chi connectivity index (χ3n) is 4.85. The van der Waals surface area contributed by atoms with Gasteiger partial charge in [-0.2, -0.15) is 0 Å². The maximum Gasteiger partial charge on any atom is 0.303 e. The van der Waals surface area contributed by atoms with E-state index in [1.54, 1.807) is 6.08 Å². The molecule has 0 radical (unpaired) electrons. The molecule has 0 aliphatic heterocycles. The molecule has 144 valence electrons. The Bertz CT molecular complexity index is 550. The molecule has 4 heteroatoms. The Labute approximate surface area is 157 Å². The van der Waals surface area contributed by atoms with Gasteiger partial charge in [-0.15, -0.1) is 11.8 Å². The van der Waals surface area contributed by atoms with Gasteiger partial charge in [-0.25, -0.2) is 0 Å². The molecule has 0 aromatic carbocycles. The normalized spacial score (nSPS) is 19.5. The molecule has 0 amide bonds. The molecule has 26 heavy (non-hydrogen) atoms. The van der Waals surface area contributed by atoms with Crippen LogP contribution in [0.2, 0.25) is 0 Å². The highest BCUT2D eigenvalue weighted by atomic mass is 16.4. The lowest BCUT2D eigenvalue weighted by atomic mass is 9.91. The molecule has 0 bridgehead atoms. The minimum atomic E-state index is -0.807. The summed E-state index contributed by atoms with van der Waals surface area (Å²) in [5.74, 6) is 5.55. The highest BCUT2D eigenvalue weighted by Gasteiger charge is 2.32. The summed E-state index contributed by atoms with van der Waals surface area (Å²) in [6, 6.07) is 0. The van der Waals surface area contributed by atoms with Crippen LogP contribution in [0, 0.1) is 23.7 Å². The molecule has 1 aliphatic carbocycles. The van der Waals surface area contributed by atoms with Gasteiger partial charge >= 0.3 is 5.97 Å². The fourth-order valence-electron chi connectivity index (χ4n) is 3.25. The van der Waals surface area contributed by atoms with Crippen LogP contribution in [0.3, 0.4) is 0 Å². The number of carboxylic acids is 1. The van der Waals surface area contributed by atoms with Gasteiger partial charge < -0.3 is 5.11 Å². The number of carbonyl (C=O) groups excluding carboxylic acids is 2. The van der Waals surface area contributed by atoms with Gasteiger partial charge in [0.1, 0.15) is 5.78 Å². The second-order valence-electron chi connectivity index (χ2n) is 7.07. The predicted octanol–water partition coefficient (Wildman–Crippen LogP) is 4.72. The lowest BCUT2D eigenvalue weighted by Gasteiger charge is -2.11. The Balaban J connectivity index is 2.35. The average Bonchev–Trinajstić information content (AvgIpc) is 2.95. The predicted molar refractivity (Wildman–Crippen MR) is 103 cm³/mol. The molecule has 0 aromatic rings. The van der Waals surface area contributed by atoms with Gasteiger partial charge in [0.15, 0.2) is 5.78 Å². The number of carbonyl (C=O) groups is 3. The summed E-state index contributed by atoms with van der Waals surface area (Å²) < 4.78 is 0. The number of Topliss-reactive ketones (excluding diaryl/α,β-unsaturated/α-hetero) is 1. The van der Waals surface area contributed by atoms with Gasteiger partial charge in [-0.1, -0.05) is 38.7 Å². The summed E-state index contributed by atoms with van der Waals surface area (Å²) in [5.41, 5.74) is 0. The van der Waals surface area contributed by atoms with Crippen LogP contribution in [-0.2, 0) is 14.4 Å². The van der Waals surface area contributed by atoms with E-state index in [0.717, 1.165) is 19.3 Å². The lowest BCUT2D eigenvalue weighted by molar-refractivity contribution is -0.137. The second-order valence-corrected chi connectivity index (χ2v) is 7.07. The van der Waals surface area contributed by atoms with E-state index in [4.69, 9.17) is 5.11 Å². The number of rotatable bonds is 12. The van der Waals surface area contributed by atoms with E-state index < -0.39 is 5.97 Å². The molecule has 0 spiro atoms. The molecule has 1 N–H and O–H groups in total. The fourth-order valence-corrected chi connectivity index (χ4v) is 3.25. The number of hydrogen-bond acceptors (Lipinski definition) is 3. The van der Waals surface area contributed by atoms with Gasteiger partial charge in [0, 0.05) is 38.0 Å². The Hall–Kier alpha value is -1.89. The second kappa shape index (κ2) is 13.3. The highest BCUT2D eigenvalue weighted by Crippen LogP contribution is 2.32. The first-order chi connectivity index (χ1) is 12.5. The van der Waals surface area contributed by atoms with Crippen LogP contribution < -0.4 is 0 Å². The van der Waals surface area contributed by atoms with Crippen molar-refractivity contribution in [3.8, 4) is 11.8 Å². The molecule has 0 heterocycles. The summed E-state index contributed by atoms with van der Waals surface area (Å²) >= 11 is 0. The number of aliphatic carboxylic acids is 1. The molecule has 2 unspecified atom stereocenters. The Morgan fingerprint density at radius 2 is 1.88 bits per heavy atom. The topological polar surface area (TPSA) is 71.4 Å². The van der Waals surface area contributed by atoms with Crippen LogP contribution in [0.4, 0.5) is 0 Å². The smallest absolute Gasteiger partial charge is 0.303 e. The minimum absolute atomic E-state index is 0.111. The number of hydrogen-bond donors (Lipinski definition) is 1. The van der Waals surface area contributed by atoms with Crippen molar-refractivity contribution in [2.45, 2.75) is 84.0 Å². The molecule has 1 rings (SSSR count). The van der Waals surface area contributed by atoms with Crippen molar-refractivity contribution in [1.82, 2.24) is 0 Å². The lowest BCUT2D eigenvalue weighted by Crippen LogP contribution is -2.12. The molecule has 1 saturated carbocycles. The maximum absolute atomic E-state index is 12.0. The van der Waals surface area contributed by atoms with Gasteiger partial charge in [-0.05, 0) is 31.3 Å². The quantitative estimate of drug-likeness (QED) is 0.311. The van der Waals surface area contributed by atoms with E-state index in [1.165, 1.54) is 19.3 Å². The number of allylic oxidation sites excluding steroid dienone is 2. The largest absolute Gasteiger partial charge is 0.481 e. The average molecular weight is 360 g/mol.